The van der Waals surface area contributed by atoms with Gasteiger partial charge in [0.2, 0.25) is 0 Å². The molecule has 0 radical (unpaired) electrons. The van der Waals surface area contributed by atoms with Crippen LogP contribution in [0.15, 0.2) is 28.9 Å². The number of nitrogens with zero attached hydrogens (tertiary/aromatic N) is 3. The van der Waals surface area contributed by atoms with Gasteiger partial charge in [-0.15, -0.1) is 0 Å². The molecule has 2 aromatic rings. The van der Waals surface area contributed by atoms with Crippen molar-refractivity contribution in [3.63, 3.8) is 0 Å². The third-order valence-corrected chi connectivity index (χ3v) is 2.96. The predicted molar refractivity (Wildman–Crippen MR) is 63.0 cm³/mol. The second-order valence-corrected chi connectivity index (χ2v) is 4.24. The topological polar surface area (TPSA) is 68.2 Å². The maximum atomic E-state index is 5.55. The number of oxazole rings is 1. The van der Waals surface area contributed by atoms with Gasteiger partial charge in [-0.2, -0.15) is 4.98 Å². The van der Waals surface area contributed by atoms with Gasteiger partial charge in [0.1, 0.15) is 5.76 Å². The van der Waals surface area contributed by atoms with Crippen LogP contribution in [-0.2, 0) is 19.5 Å². The number of pyridine rings is 1. The summed E-state index contributed by atoms with van der Waals surface area (Å²) in [6.07, 6.45) is 4.58. The van der Waals surface area contributed by atoms with Gasteiger partial charge in [-0.25, -0.2) is 0 Å². The van der Waals surface area contributed by atoms with E-state index in [-0.39, 0.29) is 6.01 Å². The normalized spacial score (nSPS) is 15.8. The average molecular weight is 230 g/mol. The van der Waals surface area contributed by atoms with E-state index in [9.17, 15) is 0 Å². The summed E-state index contributed by atoms with van der Waals surface area (Å²) in [5.74, 6) is 0.901. The first-order valence-electron chi connectivity index (χ1n) is 5.66. The average Bonchev–Trinajstić information content (AvgIpc) is 2.70. The molecule has 0 saturated heterocycles. The minimum Gasteiger partial charge on any atom is -0.427 e. The van der Waals surface area contributed by atoms with Gasteiger partial charge in [-0.3, -0.25) is 9.88 Å². The quantitative estimate of drug-likeness (QED) is 0.839. The number of nitrogen functional groups attached to an aromatic ring is 1. The van der Waals surface area contributed by atoms with Crippen LogP contribution in [0.4, 0.5) is 6.01 Å². The molecule has 0 bridgehead atoms. The van der Waals surface area contributed by atoms with Crippen molar-refractivity contribution in [2.45, 2.75) is 19.5 Å². The van der Waals surface area contributed by atoms with Crippen LogP contribution >= 0.6 is 0 Å². The molecule has 0 atom stereocenters. The van der Waals surface area contributed by atoms with Gasteiger partial charge in [0.05, 0.1) is 12.2 Å². The van der Waals surface area contributed by atoms with Crippen molar-refractivity contribution < 1.29 is 4.42 Å². The Morgan fingerprint density at radius 2 is 2.41 bits per heavy atom. The summed E-state index contributed by atoms with van der Waals surface area (Å²) in [6, 6.07) is 4.31. The Balaban J connectivity index is 1.72. The summed E-state index contributed by atoms with van der Waals surface area (Å²) in [7, 11) is 0. The monoisotopic (exact) mass is 230 g/mol. The fraction of sp³-hybridized carbons (Fsp3) is 0.333. The molecule has 1 aliphatic heterocycles. The third-order valence-electron chi connectivity index (χ3n) is 2.96. The van der Waals surface area contributed by atoms with Crippen LogP contribution in [0, 0.1) is 0 Å². The molecule has 1 aliphatic rings. The second-order valence-electron chi connectivity index (χ2n) is 4.24. The highest BCUT2D eigenvalue weighted by Crippen LogP contribution is 2.21. The number of nitrogens with two attached hydrogens (primary N) is 1. The van der Waals surface area contributed by atoms with Crippen LogP contribution in [-0.4, -0.2) is 21.4 Å². The number of fused-ring (bicyclic) bond motifs is 1. The Labute approximate surface area is 99.3 Å². The third kappa shape index (κ3) is 2.14. The van der Waals surface area contributed by atoms with Crippen molar-refractivity contribution in [1.29, 1.82) is 0 Å². The Morgan fingerprint density at radius 1 is 1.47 bits per heavy atom. The van der Waals surface area contributed by atoms with Crippen LogP contribution in [0.5, 0.6) is 0 Å². The minimum atomic E-state index is 0.276. The molecule has 5 heteroatoms. The van der Waals surface area contributed by atoms with Crippen molar-refractivity contribution >= 4 is 6.01 Å². The van der Waals surface area contributed by atoms with E-state index in [4.69, 9.17) is 10.2 Å². The van der Waals surface area contributed by atoms with Crippen molar-refractivity contribution in [3.05, 3.63) is 41.5 Å². The summed E-state index contributed by atoms with van der Waals surface area (Å²) in [5.41, 5.74) is 7.77. The Kier molecular flexibility index (Phi) is 2.53. The van der Waals surface area contributed by atoms with Crippen LogP contribution in [0.25, 0.3) is 0 Å². The number of hydrogen-bond acceptors (Lipinski definition) is 5. The van der Waals surface area contributed by atoms with Gasteiger partial charge in [0.25, 0.3) is 6.01 Å². The van der Waals surface area contributed by atoms with Gasteiger partial charge in [0.15, 0.2) is 0 Å². The van der Waals surface area contributed by atoms with Crippen LogP contribution < -0.4 is 5.73 Å². The SMILES string of the molecule is Nc1nc2c(o1)CN(Cc1cccnc1)CC2. The lowest BCUT2D eigenvalue weighted by Crippen LogP contribution is -2.29. The molecule has 3 heterocycles. The zero-order chi connectivity index (χ0) is 11.7. The highest BCUT2D eigenvalue weighted by atomic mass is 16.4. The number of anilines is 1. The first kappa shape index (κ1) is 10.3. The van der Waals surface area contributed by atoms with Gasteiger partial charge in [-0.05, 0) is 11.6 Å². The van der Waals surface area contributed by atoms with Gasteiger partial charge in [0, 0.05) is 31.9 Å². The molecule has 17 heavy (non-hydrogen) atoms. The first-order valence-corrected chi connectivity index (χ1v) is 5.66. The van der Waals surface area contributed by atoms with E-state index in [1.54, 1.807) is 6.20 Å². The molecular formula is C12H14N4O. The molecule has 0 spiro atoms. The van der Waals surface area contributed by atoms with Crippen molar-refractivity contribution in [2.75, 3.05) is 12.3 Å². The zero-order valence-corrected chi connectivity index (χ0v) is 9.47. The Bertz CT molecular complexity index is 508. The van der Waals surface area contributed by atoms with E-state index in [1.807, 2.05) is 12.3 Å². The summed E-state index contributed by atoms with van der Waals surface area (Å²) >= 11 is 0. The minimum absolute atomic E-state index is 0.276. The maximum Gasteiger partial charge on any atom is 0.292 e. The highest BCUT2D eigenvalue weighted by molar-refractivity contribution is 5.22. The summed E-state index contributed by atoms with van der Waals surface area (Å²) in [6.45, 7) is 2.64. The molecule has 0 amide bonds. The van der Waals surface area contributed by atoms with E-state index in [0.717, 1.165) is 37.5 Å². The zero-order valence-electron chi connectivity index (χ0n) is 9.47. The predicted octanol–water partition coefficient (Wildman–Crippen LogP) is 1.21. The molecule has 0 fully saturated rings. The van der Waals surface area contributed by atoms with E-state index in [1.165, 1.54) is 5.56 Å². The fourth-order valence-electron chi connectivity index (χ4n) is 2.15. The molecule has 2 N–H and O–H groups in total. The van der Waals surface area contributed by atoms with Crippen molar-refractivity contribution in [1.82, 2.24) is 14.9 Å². The lowest BCUT2D eigenvalue weighted by molar-refractivity contribution is 0.221. The lowest BCUT2D eigenvalue weighted by Gasteiger charge is -2.24. The molecule has 5 nitrogen and oxygen atoms in total. The van der Waals surface area contributed by atoms with Crippen LogP contribution in [0.3, 0.4) is 0 Å². The smallest absolute Gasteiger partial charge is 0.292 e. The largest absolute Gasteiger partial charge is 0.427 e. The van der Waals surface area contributed by atoms with Crippen LogP contribution in [0.1, 0.15) is 17.0 Å². The van der Waals surface area contributed by atoms with E-state index in [0.29, 0.717) is 0 Å². The molecule has 0 unspecified atom stereocenters. The first-order chi connectivity index (χ1) is 8.31. The number of rotatable bonds is 2. The maximum absolute atomic E-state index is 5.55. The molecule has 3 rings (SSSR count). The van der Waals surface area contributed by atoms with E-state index >= 15 is 0 Å². The summed E-state index contributed by atoms with van der Waals surface area (Å²) < 4.78 is 5.38. The fourth-order valence-corrected chi connectivity index (χ4v) is 2.15. The Hall–Kier alpha value is -1.88. The molecule has 0 saturated carbocycles. The molecule has 2 aromatic heterocycles. The highest BCUT2D eigenvalue weighted by Gasteiger charge is 2.21. The number of hydrogen-bond donors (Lipinski definition) is 1. The van der Waals surface area contributed by atoms with Gasteiger partial charge >= 0.3 is 0 Å². The molecular weight excluding hydrogens is 216 g/mol. The van der Waals surface area contributed by atoms with Gasteiger partial charge in [-0.1, -0.05) is 6.07 Å². The van der Waals surface area contributed by atoms with Gasteiger partial charge < -0.3 is 10.2 Å². The molecule has 0 aliphatic carbocycles. The second kappa shape index (κ2) is 4.18. The Morgan fingerprint density at radius 3 is 3.24 bits per heavy atom. The van der Waals surface area contributed by atoms with Crippen molar-refractivity contribution in [3.8, 4) is 0 Å². The van der Waals surface area contributed by atoms with E-state index < -0.39 is 0 Å². The standard InChI is InChI=1S/C12H14N4O/c13-12-15-10-3-5-16(8-11(10)17-12)7-9-2-1-4-14-6-9/h1-2,4,6H,3,5,7-8H2,(H2,13,15). The molecule has 88 valence electrons. The summed E-state index contributed by atoms with van der Waals surface area (Å²) in [5, 5.41) is 0. The summed E-state index contributed by atoms with van der Waals surface area (Å²) in [4.78, 5) is 10.6. The lowest BCUT2D eigenvalue weighted by atomic mass is 10.1. The van der Waals surface area contributed by atoms with Crippen molar-refractivity contribution in [2.24, 2.45) is 0 Å². The van der Waals surface area contributed by atoms with E-state index in [2.05, 4.69) is 20.9 Å². The molecule has 0 aromatic carbocycles. The number of aromatic nitrogens is 2. The van der Waals surface area contributed by atoms with Crippen LogP contribution in [0.2, 0.25) is 0 Å².